The number of likely N-dealkylation sites (tertiary alicyclic amines) is 1. The monoisotopic (exact) mass is 365 g/mol. The molecule has 1 amide bonds. The quantitative estimate of drug-likeness (QED) is 0.592. The minimum atomic E-state index is -0.381. The van der Waals surface area contributed by atoms with E-state index in [2.05, 4.69) is 0 Å². The van der Waals surface area contributed by atoms with E-state index in [9.17, 15) is 9.59 Å². The van der Waals surface area contributed by atoms with E-state index >= 15 is 0 Å². The average Bonchev–Trinajstić information content (AvgIpc) is 2.68. The summed E-state index contributed by atoms with van der Waals surface area (Å²) < 4.78 is 5.57. The van der Waals surface area contributed by atoms with Crippen molar-refractivity contribution in [3.63, 3.8) is 0 Å². The molecule has 0 saturated carbocycles. The molecule has 4 nitrogen and oxygen atoms in total. The standard InChI is InChI=1S/C23H27NO3/c1-23(2,3)22(26)24-15-13-19(14-16-24)21(25)27-20-11-9-18(10-12-20)17-7-5-4-6-8-17/h4-12,19H,13-16H2,1-3H3. The Labute approximate surface area is 161 Å². The lowest BCUT2D eigenvalue weighted by Gasteiger charge is -2.34. The van der Waals surface area contributed by atoms with Crippen LogP contribution in [0.15, 0.2) is 54.6 Å². The third-order valence-corrected chi connectivity index (χ3v) is 4.94. The van der Waals surface area contributed by atoms with Crippen molar-refractivity contribution in [2.45, 2.75) is 33.6 Å². The largest absolute Gasteiger partial charge is 0.426 e. The van der Waals surface area contributed by atoms with E-state index in [-0.39, 0.29) is 23.2 Å². The summed E-state index contributed by atoms with van der Waals surface area (Å²) in [5.74, 6) is 0.354. The van der Waals surface area contributed by atoms with Crippen molar-refractivity contribution in [2.24, 2.45) is 11.3 Å². The maximum absolute atomic E-state index is 12.5. The molecule has 4 heteroatoms. The van der Waals surface area contributed by atoms with Crippen molar-refractivity contribution in [1.29, 1.82) is 0 Å². The van der Waals surface area contributed by atoms with E-state index in [0.717, 1.165) is 11.1 Å². The number of hydrogen-bond donors (Lipinski definition) is 0. The molecule has 1 saturated heterocycles. The van der Waals surface area contributed by atoms with Gasteiger partial charge in [0.15, 0.2) is 0 Å². The summed E-state index contributed by atoms with van der Waals surface area (Å²) in [6.07, 6.45) is 1.31. The Balaban J connectivity index is 1.55. The van der Waals surface area contributed by atoms with Crippen LogP contribution in [0, 0.1) is 11.3 Å². The van der Waals surface area contributed by atoms with E-state index < -0.39 is 0 Å². The molecule has 0 bridgehead atoms. The zero-order valence-electron chi connectivity index (χ0n) is 16.3. The SMILES string of the molecule is CC(C)(C)C(=O)N1CCC(C(=O)Oc2ccc(-c3ccccc3)cc2)CC1. The highest BCUT2D eigenvalue weighted by molar-refractivity contribution is 5.82. The number of esters is 1. The predicted octanol–water partition coefficient (Wildman–Crippen LogP) is 4.54. The van der Waals surface area contributed by atoms with Gasteiger partial charge in [-0.1, -0.05) is 63.2 Å². The molecule has 0 N–H and O–H groups in total. The third kappa shape index (κ3) is 4.76. The zero-order chi connectivity index (χ0) is 19.4. The molecule has 1 heterocycles. The Kier molecular flexibility index (Phi) is 5.64. The lowest BCUT2D eigenvalue weighted by molar-refractivity contribution is -0.146. The number of benzene rings is 2. The van der Waals surface area contributed by atoms with E-state index in [4.69, 9.17) is 4.74 Å². The second kappa shape index (κ2) is 7.95. The topological polar surface area (TPSA) is 46.6 Å². The average molecular weight is 365 g/mol. The molecule has 0 spiro atoms. The molecular formula is C23H27NO3. The summed E-state index contributed by atoms with van der Waals surface area (Å²) in [7, 11) is 0. The highest BCUT2D eigenvalue weighted by atomic mass is 16.5. The van der Waals surface area contributed by atoms with Crippen molar-refractivity contribution in [2.75, 3.05) is 13.1 Å². The van der Waals surface area contributed by atoms with Crippen LogP contribution in [0.3, 0.4) is 0 Å². The van der Waals surface area contributed by atoms with Gasteiger partial charge in [0.1, 0.15) is 5.75 Å². The number of nitrogens with zero attached hydrogens (tertiary/aromatic N) is 1. The molecule has 1 fully saturated rings. The van der Waals surface area contributed by atoms with Crippen LogP contribution in [-0.4, -0.2) is 29.9 Å². The fraction of sp³-hybridized carbons (Fsp3) is 0.391. The molecule has 0 aliphatic carbocycles. The molecule has 3 rings (SSSR count). The van der Waals surface area contributed by atoms with Crippen molar-refractivity contribution in [3.8, 4) is 16.9 Å². The van der Waals surface area contributed by atoms with Crippen LogP contribution in [0.1, 0.15) is 33.6 Å². The maximum Gasteiger partial charge on any atom is 0.314 e. The fourth-order valence-electron chi connectivity index (χ4n) is 3.34. The first kappa shape index (κ1) is 19.2. The Hall–Kier alpha value is -2.62. The second-order valence-electron chi connectivity index (χ2n) is 8.13. The lowest BCUT2D eigenvalue weighted by Crippen LogP contribution is -2.45. The highest BCUT2D eigenvalue weighted by Crippen LogP contribution is 2.26. The van der Waals surface area contributed by atoms with Crippen LogP contribution in [-0.2, 0) is 9.59 Å². The Morgan fingerprint density at radius 3 is 2.00 bits per heavy atom. The molecule has 0 aromatic heterocycles. The van der Waals surface area contributed by atoms with Gasteiger partial charge in [0, 0.05) is 18.5 Å². The number of rotatable bonds is 3. The number of piperidine rings is 1. The van der Waals surface area contributed by atoms with Crippen LogP contribution in [0.25, 0.3) is 11.1 Å². The summed E-state index contributed by atoms with van der Waals surface area (Å²) in [4.78, 5) is 26.7. The molecule has 2 aromatic rings. The third-order valence-electron chi connectivity index (χ3n) is 4.94. The van der Waals surface area contributed by atoms with Gasteiger partial charge in [-0.3, -0.25) is 9.59 Å². The van der Waals surface area contributed by atoms with Gasteiger partial charge in [0.2, 0.25) is 5.91 Å². The normalized spacial score (nSPS) is 15.4. The molecule has 27 heavy (non-hydrogen) atoms. The summed E-state index contributed by atoms with van der Waals surface area (Å²) >= 11 is 0. The minimum Gasteiger partial charge on any atom is -0.426 e. The van der Waals surface area contributed by atoms with Gasteiger partial charge in [-0.2, -0.15) is 0 Å². The number of carbonyl (C=O) groups is 2. The fourth-order valence-corrected chi connectivity index (χ4v) is 3.34. The van der Waals surface area contributed by atoms with E-state index in [0.29, 0.717) is 31.7 Å². The van der Waals surface area contributed by atoms with Crippen molar-refractivity contribution < 1.29 is 14.3 Å². The molecule has 2 aromatic carbocycles. The molecule has 1 aliphatic rings. The Morgan fingerprint density at radius 2 is 1.44 bits per heavy atom. The van der Waals surface area contributed by atoms with Gasteiger partial charge >= 0.3 is 5.97 Å². The van der Waals surface area contributed by atoms with Crippen LogP contribution >= 0.6 is 0 Å². The van der Waals surface area contributed by atoms with Crippen LogP contribution < -0.4 is 4.74 Å². The number of carbonyl (C=O) groups excluding carboxylic acids is 2. The van der Waals surface area contributed by atoms with Gasteiger partial charge in [-0.15, -0.1) is 0 Å². The number of ether oxygens (including phenoxy) is 1. The summed E-state index contributed by atoms with van der Waals surface area (Å²) in [5, 5.41) is 0. The molecule has 0 atom stereocenters. The van der Waals surface area contributed by atoms with Crippen LogP contribution in [0.2, 0.25) is 0 Å². The van der Waals surface area contributed by atoms with Gasteiger partial charge in [0.05, 0.1) is 5.92 Å². The van der Waals surface area contributed by atoms with Gasteiger partial charge in [-0.05, 0) is 36.1 Å². The van der Waals surface area contributed by atoms with Gasteiger partial charge in [-0.25, -0.2) is 0 Å². The van der Waals surface area contributed by atoms with Crippen molar-refractivity contribution in [1.82, 2.24) is 4.90 Å². The van der Waals surface area contributed by atoms with Crippen molar-refractivity contribution in [3.05, 3.63) is 54.6 Å². The zero-order valence-corrected chi connectivity index (χ0v) is 16.3. The van der Waals surface area contributed by atoms with Crippen LogP contribution in [0.4, 0.5) is 0 Å². The minimum absolute atomic E-state index is 0.144. The highest BCUT2D eigenvalue weighted by Gasteiger charge is 2.33. The molecular weight excluding hydrogens is 338 g/mol. The van der Waals surface area contributed by atoms with E-state index in [1.165, 1.54) is 0 Å². The summed E-state index contributed by atoms with van der Waals surface area (Å²) in [6.45, 7) is 7.00. The first-order chi connectivity index (χ1) is 12.8. The molecule has 1 aliphatic heterocycles. The first-order valence-electron chi connectivity index (χ1n) is 9.51. The number of amides is 1. The Bertz CT molecular complexity index is 783. The molecule has 142 valence electrons. The first-order valence-corrected chi connectivity index (χ1v) is 9.51. The lowest BCUT2D eigenvalue weighted by atomic mass is 9.91. The summed E-state index contributed by atoms with van der Waals surface area (Å²) in [6, 6.07) is 17.7. The maximum atomic E-state index is 12.5. The van der Waals surface area contributed by atoms with Crippen LogP contribution in [0.5, 0.6) is 5.75 Å². The Morgan fingerprint density at radius 1 is 0.889 bits per heavy atom. The van der Waals surface area contributed by atoms with Gasteiger partial charge in [0.25, 0.3) is 0 Å². The van der Waals surface area contributed by atoms with Gasteiger partial charge < -0.3 is 9.64 Å². The summed E-state index contributed by atoms with van der Waals surface area (Å²) in [5.41, 5.74) is 1.84. The molecule has 0 radical (unpaired) electrons. The van der Waals surface area contributed by atoms with E-state index in [1.807, 2.05) is 80.3 Å². The number of hydrogen-bond acceptors (Lipinski definition) is 3. The van der Waals surface area contributed by atoms with E-state index in [1.54, 1.807) is 0 Å². The predicted molar refractivity (Wildman–Crippen MR) is 106 cm³/mol. The van der Waals surface area contributed by atoms with Crippen molar-refractivity contribution >= 4 is 11.9 Å². The smallest absolute Gasteiger partial charge is 0.314 e. The second-order valence-corrected chi connectivity index (χ2v) is 8.13. The molecule has 0 unspecified atom stereocenters.